The molecule has 0 saturated carbocycles. The number of piperazine rings is 1. The van der Waals surface area contributed by atoms with E-state index in [1.54, 1.807) is 18.2 Å². The lowest BCUT2D eigenvalue weighted by molar-refractivity contribution is -0.133. The van der Waals surface area contributed by atoms with Gasteiger partial charge in [-0.25, -0.2) is 0 Å². The number of aryl methyl sites for hydroxylation is 1. The average Bonchev–Trinajstić information content (AvgIpc) is 2.61. The Morgan fingerprint density at radius 2 is 1.72 bits per heavy atom. The first kappa shape index (κ1) is 17.9. The molecule has 0 spiro atoms. The van der Waals surface area contributed by atoms with Crippen LogP contribution in [0.5, 0.6) is 5.75 Å². The predicted octanol–water partition coefficient (Wildman–Crippen LogP) is 4.03. The van der Waals surface area contributed by atoms with Crippen molar-refractivity contribution in [2.45, 2.75) is 6.92 Å². The first-order valence-electron chi connectivity index (χ1n) is 8.20. The lowest BCUT2D eigenvalue weighted by atomic mass is 10.2. The molecule has 132 valence electrons. The number of benzene rings is 2. The normalized spacial score (nSPS) is 14.5. The quantitative estimate of drug-likeness (QED) is 0.804. The fraction of sp³-hybridized carbons (Fsp3) is 0.316. The zero-order valence-corrected chi connectivity index (χ0v) is 15.6. The van der Waals surface area contributed by atoms with Crippen molar-refractivity contribution in [3.05, 3.63) is 58.1 Å². The van der Waals surface area contributed by atoms with Crippen molar-refractivity contribution in [1.29, 1.82) is 0 Å². The van der Waals surface area contributed by atoms with Gasteiger partial charge in [-0.05, 0) is 37.3 Å². The van der Waals surface area contributed by atoms with Crippen LogP contribution < -0.4 is 9.64 Å². The van der Waals surface area contributed by atoms with Crippen LogP contribution in [0.4, 0.5) is 5.69 Å². The first-order chi connectivity index (χ1) is 12.0. The second-order valence-corrected chi connectivity index (χ2v) is 6.91. The van der Waals surface area contributed by atoms with E-state index in [-0.39, 0.29) is 12.5 Å². The number of halogens is 2. The van der Waals surface area contributed by atoms with Crippen LogP contribution in [0.3, 0.4) is 0 Å². The third kappa shape index (κ3) is 4.59. The van der Waals surface area contributed by atoms with E-state index in [1.165, 1.54) is 11.3 Å². The van der Waals surface area contributed by atoms with Crippen molar-refractivity contribution in [3.63, 3.8) is 0 Å². The molecule has 0 radical (unpaired) electrons. The number of carbonyl (C=O) groups excluding carboxylic acids is 1. The van der Waals surface area contributed by atoms with E-state index in [0.717, 1.165) is 13.1 Å². The van der Waals surface area contributed by atoms with Gasteiger partial charge in [0.2, 0.25) is 0 Å². The fourth-order valence-corrected chi connectivity index (χ4v) is 3.26. The molecule has 6 heteroatoms. The van der Waals surface area contributed by atoms with E-state index < -0.39 is 0 Å². The van der Waals surface area contributed by atoms with E-state index in [4.69, 9.17) is 27.9 Å². The van der Waals surface area contributed by atoms with Crippen molar-refractivity contribution in [1.82, 2.24) is 4.90 Å². The average molecular weight is 379 g/mol. The van der Waals surface area contributed by atoms with Gasteiger partial charge in [0, 0.05) is 36.9 Å². The van der Waals surface area contributed by atoms with E-state index in [0.29, 0.717) is 28.9 Å². The van der Waals surface area contributed by atoms with Crippen molar-refractivity contribution in [2.75, 3.05) is 37.7 Å². The molecular formula is C19H20Cl2N2O2. The summed E-state index contributed by atoms with van der Waals surface area (Å²) in [4.78, 5) is 16.5. The van der Waals surface area contributed by atoms with E-state index in [1.807, 2.05) is 4.90 Å². The lowest BCUT2D eigenvalue weighted by Crippen LogP contribution is -2.50. The molecule has 1 saturated heterocycles. The molecule has 1 amide bonds. The van der Waals surface area contributed by atoms with Crippen LogP contribution in [0.2, 0.25) is 10.0 Å². The summed E-state index contributed by atoms with van der Waals surface area (Å²) in [7, 11) is 0. The third-order valence-corrected chi connectivity index (χ3v) is 4.81. The molecule has 1 heterocycles. The molecule has 0 N–H and O–H groups in total. The van der Waals surface area contributed by atoms with E-state index >= 15 is 0 Å². The Morgan fingerprint density at radius 3 is 2.36 bits per heavy atom. The van der Waals surface area contributed by atoms with Crippen LogP contribution in [-0.4, -0.2) is 43.6 Å². The second-order valence-electron chi connectivity index (χ2n) is 6.07. The van der Waals surface area contributed by atoms with Crippen molar-refractivity contribution in [3.8, 4) is 5.75 Å². The van der Waals surface area contributed by atoms with Crippen LogP contribution in [-0.2, 0) is 4.79 Å². The maximum Gasteiger partial charge on any atom is 0.260 e. The molecule has 1 aliphatic heterocycles. The fourth-order valence-electron chi connectivity index (χ4n) is 2.79. The molecule has 0 aromatic heterocycles. The van der Waals surface area contributed by atoms with Gasteiger partial charge in [0.15, 0.2) is 6.61 Å². The SMILES string of the molecule is Cc1ccc(N2CCN(C(=O)COc3ccc(Cl)cc3Cl)CC2)cc1. The minimum atomic E-state index is -0.0328. The highest BCUT2D eigenvalue weighted by Gasteiger charge is 2.21. The minimum absolute atomic E-state index is 0.0219. The Bertz CT molecular complexity index is 742. The summed E-state index contributed by atoms with van der Waals surface area (Å²) in [6.45, 7) is 5.06. The molecule has 25 heavy (non-hydrogen) atoms. The number of hydrogen-bond acceptors (Lipinski definition) is 3. The van der Waals surface area contributed by atoms with Crippen LogP contribution in [0.1, 0.15) is 5.56 Å². The van der Waals surface area contributed by atoms with Crippen LogP contribution in [0.25, 0.3) is 0 Å². The highest BCUT2D eigenvalue weighted by molar-refractivity contribution is 6.35. The Labute approximate surface area is 157 Å². The summed E-state index contributed by atoms with van der Waals surface area (Å²) in [5.41, 5.74) is 2.44. The molecule has 0 atom stereocenters. The van der Waals surface area contributed by atoms with Gasteiger partial charge in [-0.15, -0.1) is 0 Å². The molecule has 1 fully saturated rings. The number of carbonyl (C=O) groups is 1. The Morgan fingerprint density at radius 1 is 1.04 bits per heavy atom. The summed E-state index contributed by atoms with van der Waals surface area (Å²) in [5, 5.41) is 0.945. The van der Waals surface area contributed by atoms with Gasteiger partial charge in [-0.2, -0.15) is 0 Å². The predicted molar refractivity (Wildman–Crippen MR) is 102 cm³/mol. The maximum absolute atomic E-state index is 12.4. The van der Waals surface area contributed by atoms with Gasteiger partial charge in [0.1, 0.15) is 5.75 Å². The van der Waals surface area contributed by atoms with Gasteiger partial charge < -0.3 is 14.5 Å². The Kier molecular flexibility index (Phi) is 5.71. The zero-order chi connectivity index (χ0) is 17.8. The number of ether oxygens (including phenoxy) is 1. The molecule has 0 unspecified atom stereocenters. The monoisotopic (exact) mass is 378 g/mol. The molecule has 1 aliphatic rings. The molecule has 2 aromatic carbocycles. The molecule has 0 aliphatic carbocycles. The Hall–Kier alpha value is -1.91. The molecule has 0 bridgehead atoms. The topological polar surface area (TPSA) is 32.8 Å². The smallest absolute Gasteiger partial charge is 0.260 e. The van der Waals surface area contributed by atoms with Crippen molar-refractivity contribution in [2.24, 2.45) is 0 Å². The number of nitrogens with zero attached hydrogens (tertiary/aromatic N) is 2. The molecule has 2 aromatic rings. The highest BCUT2D eigenvalue weighted by Crippen LogP contribution is 2.27. The van der Waals surface area contributed by atoms with E-state index in [9.17, 15) is 4.79 Å². The van der Waals surface area contributed by atoms with Crippen LogP contribution in [0.15, 0.2) is 42.5 Å². The van der Waals surface area contributed by atoms with Crippen LogP contribution >= 0.6 is 23.2 Å². The largest absolute Gasteiger partial charge is 0.482 e. The minimum Gasteiger partial charge on any atom is -0.482 e. The first-order valence-corrected chi connectivity index (χ1v) is 8.96. The number of hydrogen-bond donors (Lipinski definition) is 0. The van der Waals surface area contributed by atoms with Crippen molar-refractivity contribution >= 4 is 34.8 Å². The Balaban J connectivity index is 1.50. The van der Waals surface area contributed by atoms with Gasteiger partial charge in [-0.3, -0.25) is 4.79 Å². The lowest BCUT2D eigenvalue weighted by Gasteiger charge is -2.36. The third-order valence-electron chi connectivity index (χ3n) is 4.28. The second kappa shape index (κ2) is 7.98. The standard InChI is InChI=1S/C19H20Cl2N2O2/c1-14-2-5-16(6-3-14)22-8-10-23(11-9-22)19(24)13-25-18-7-4-15(20)12-17(18)21/h2-7,12H,8-11,13H2,1H3. The highest BCUT2D eigenvalue weighted by atomic mass is 35.5. The molecule has 3 rings (SSSR count). The van der Waals surface area contributed by atoms with E-state index in [2.05, 4.69) is 36.1 Å². The molecular weight excluding hydrogens is 359 g/mol. The number of amides is 1. The summed E-state index contributed by atoms with van der Waals surface area (Å²) < 4.78 is 5.54. The molecule has 4 nitrogen and oxygen atoms in total. The number of rotatable bonds is 4. The zero-order valence-electron chi connectivity index (χ0n) is 14.0. The number of anilines is 1. The summed E-state index contributed by atoms with van der Waals surface area (Å²) in [6, 6.07) is 13.4. The van der Waals surface area contributed by atoms with Crippen molar-refractivity contribution < 1.29 is 9.53 Å². The van der Waals surface area contributed by atoms with Gasteiger partial charge >= 0.3 is 0 Å². The summed E-state index contributed by atoms with van der Waals surface area (Å²) >= 11 is 11.9. The summed E-state index contributed by atoms with van der Waals surface area (Å²) in [5.74, 6) is 0.437. The van der Waals surface area contributed by atoms with Gasteiger partial charge in [-0.1, -0.05) is 40.9 Å². The summed E-state index contributed by atoms with van der Waals surface area (Å²) in [6.07, 6.45) is 0. The van der Waals surface area contributed by atoms with Gasteiger partial charge in [0.05, 0.1) is 5.02 Å². The maximum atomic E-state index is 12.4. The van der Waals surface area contributed by atoms with Crippen LogP contribution in [0, 0.1) is 6.92 Å². The van der Waals surface area contributed by atoms with Gasteiger partial charge in [0.25, 0.3) is 5.91 Å².